The summed E-state index contributed by atoms with van der Waals surface area (Å²) >= 11 is 1.74. The highest BCUT2D eigenvalue weighted by molar-refractivity contribution is 7.09. The molecule has 2 heterocycles. The van der Waals surface area contributed by atoms with Crippen molar-refractivity contribution in [1.29, 1.82) is 0 Å². The maximum absolute atomic E-state index is 4.59. The molecule has 0 saturated heterocycles. The van der Waals surface area contributed by atoms with E-state index in [1.54, 1.807) is 11.3 Å². The van der Waals surface area contributed by atoms with E-state index in [1.165, 1.54) is 34.3 Å². The SMILES string of the molecule is Cc1csc(Cn2cc(CNC3CC3)c3ccccc32)n1. The second kappa shape index (κ2) is 5.28. The van der Waals surface area contributed by atoms with E-state index in [9.17, 15) is 0 Å². The number of nitrogens with one attached hydrogen (secondary N) is 1. The third-order valence-corrected chi connectivity index (χ3v) is 4.95. The number of nitrogens with zero attached hydrogens (tertiary/aromatic N) is 2. The topological polar surface area (TPSA) is 29.9 Å². The van der Waals surface area contributed by atoms with E-state index in [4.69, 9.17) is 0 Å². The van der Waals surface area contributed by atoms with Gasteiger partial charge in [-0.1, -0.05) is 18.2 Å². The van der Waals surface area contributed by atoms with Gasteiger partial charge in [0.05, 0.1) is 6.54 Å². The van der Waals surface area contributed by atoms with Gasteiger partial charge in [-0.15, -0.1) is 11.3 Å². The highest BCUT2D eigenvalue weighted by atomic mass is 32.1. The van der Waals surface area contributed by atoms with E-state index in [0.29, 0.717) is 0 Å². The maximum atomic E-state index is 4.59. The Morgan fingerprint density at radius 2 is 2.19 bits per heavy atom. The average Bonchev–Trinajstić information content (AvgIpc) is 3.15. The lowest BCUT2D eigenvalue weighted by molar-refractivity contribution is 0.687. The Balaban J connectivity index is 1.66. The number of thiazole rings is 1. The normalized spacial score (nSPS) is 14.9. The number of fused-ring (bicyclic) bond motifs is 1. The molecular weight excluding hydrogens is 278 g/mol. The van der Waals surface area contributed by atoms with E-state index in [2.05, 4.69) is 57.6 Å². The predicted octanol–water partition coefficient (Wildman–Crippen LogP) is 3.71. The zero-order valence-electron chi connectivity index (χ0n) is 12.2. The molecule has 1 aliphatic rings. The van der Waals surface area contributed by atoms with E-state index in [-0.39, 0.29) is 0 Å². The van der Waals surface area contributed by atoms with Gasteiger partial charge in [0.15, 0.2) is 0 Å². The van der Waals surface area contributed by atoms with E-state index >= 15 is 0 Å². The quantitative estimate of drug-likeness (QED) is 0.778. The molecule has 0 radical (unpaired) electrons. The lowest BCUT2D eigenvalue weighted by Crippen LogP contribution is -2.14. The molecule has 4 rings (SSSR count). The van der Waals surface area contributed by atoms with Crippen LogP contribution in [0.3, 0.4) is 0 Å². The molecule has 0 unspecified atom stereocenters. The Hall–Kier alpha value is -1.65. The first-order valence-corrected chi connectivity index (χ1v) is 8.39. The first-order chi connectivity index (χ1) is 10.3. The second-order valence-corrected chi connectivity index (χ2v) is 6.78. The van der Waals surface area contributed by atoms with Crippen molar-refractivity contribution in [2.24, 2.45) is 0 Å². The molecular formula is C17H19N3S. The van der Waals surface area contributed by atoms with Crippen LogP contribution in [0.25, 0.3) is 10.9 Å². The molecule has 0 aliphatic heterocycles. The Morgan fingerprint density at radius 3 is 2.95 bits per heavy atom. The van der Waals surface area contributed by atoms with Crippen LogP contribution < -0.4 is 5.32 Å². The molecule has 4 heteroatoms. The second-order valence-electron chi connectivity index (χ2n) is 5.84. The van der Waals surface area contributed by atoms with E-state index < -0.39 is 0 Å². The Kier molecular flexibility index (Phi) is 3.28. The van der Waals surface area contributed by atoms with Gasteiger partial charge < -0.3 is 9.88 Å². The fraction of sp³-hybridized carbons (Fsp3) is 0.353. The number of hydrogen-bond acceptors (Lipinski definition) is 3. The summed E-state index contributed by atoms with van der Waals surface area (Å²) in [7, 11) is 0. The monoisotopic (exact) mass is 297 g/mol. The van der Waals surface area contributed by atoms with Crippen molar-refractivity contribution in [2.75, 3.05) is 0 Å². The van der Waals surface area contributed by atoms with Crippen LogP contribution in [0.5, 0.6) is 0 Å². The van der Waals surface area contributed by atoms with Crippen molar-refractivity contribution >= 4 is 22.2 Å². The summed E-state index contributed by atoms with van der Waals surface area (Å²) in [5.41, 5.74) is 3.81. The summed E-state index contributed by atoms with van der Waals surface area (Å²) in [6.07, 6.45) is 4.95. The van der Waals surface area contributed by atoms with Crippen molar-refractivity contribution < 1.29 is 0 Å². The van der Waals surface area contributed by atoms with Gasteiger partial charge in [-0.05, 0) is 31.4 Å². The molecule has 1 N–H and O–H groups in total. The van der Waals surface area contributed by atoms with Crippen LogP contribution in [0, 0.1) is 6.92 Å². The van der Waals surface area contributed by atoms with Gasteiger partial charge in [0.1, 0.15) is 5.01 Å². The standard InChI is InChI=1S/C17H19N3S/c1-12-11-21-17(19-12)10-20-9-13(8-18-14-6-7-14)15-4-2-3-5-16(15)20/h2-5,9,11,14,18H,6-8,10H2,1H3. The van der Waals surface area contributed by atoms with Crippen molar-refractivity contribution in [2.45, 2.75) is 38.9 Å². The molecule has 1 aliphatic carbocycles. The largest absolute Gasteiger partial charge is 0.340 e. The number of hydrogen-bond donors (Lipinski definition) is 1. The molecule has 0 amide bonds. The number of para-hydroxylation sites is 1. The molecule has 0 bridgehead atoms. The highest BCUT2D eigenvalue weighted by Crippen LogP contribution is 2.25. The zero-order chi connectivity index (χ0) is 14.2. The van der Waals surface area contributed by atoms with Crippen molar-refractivity contribution in [3.63, 3.8) is 0 Å². The third-order valence-electron chi connectivity index (χ3n) is 4.00. The molecule has 108 valence electrons. The molecule has 1 fully saturated rings. The van der Waals surface area contributed by atoms with Crippen molar-refractivity contribution in [3.05, 3.63) is 52.1 Å². The number of aryl methyl sites for hydroxylation is 1. The summed E-state index contributed by atoms with van der Waals surface area (Å²) in [4.78, 5) is 4.59. The van der Waals surface area contributed by atoms with Crippen molar-refractivity contribution in [3.8, 4) is 0 Å². The number of benzene rings is 1. The fourth-order valence-electron chi connectivity index (χ4n) is 2.76. The highest BCUT2D eigenvalue weighted by Gasteiger charge is 2.20. The molecule has 3 nitrogen and oxygen atoms in total. The zero-order valence-corrected chi connectivity index (χ0v) is 13.0. The van der Waals surface area contributed by atoms with Crippen LogP contribution in [0.4, 0.5) is 0 Å². The lowest BCUT2D eigenvalue weighted by Gasteiger charge is -2.01. The number of rotatable bonds is 5. The molecule has 1 saturated carbocycles. The van der Waals surface area contributed by atoms with Gasteiger partial charge in [-0.3, -0.25) is 0 Å². The number of aromatic nitrogens is 2. The minimum atomic E-state index is 0.744. The third kappa shape index (κ3) is 2.74. The van der Waals surface area contributed by atoms with Crippen LogP contribution in [0.2, 0.25) is 0 Å². The fourth-order valence-corrected chi connectivity index (χ4v) is 3.53. The van der Waals surface area contributed by atoms with Gasteiger partial charge >= 0.3 is 0 Å². The van der Waals surface area contributed by atoms with Crippen LogP contribution in [0.15, 0.2) is 35.8 Å². The summed E-state index contributed by atoms with van der Waals surface area (Å²) in [5, 5.41) is 8.28. The Morgan fingerprint density at radius 1 is 1.33 bits per heavy atom. The smallest absolute Gasteiger partial charge is 0.113 e. The first kappa shape index (κ1) is 13.0. The molecule has 2 aromatic heterocycles. The van der Waals surface area contributed by atoms with E-state index in [0.717, 1.165) is 24.8 Å². The first-order valence-electron chi connectivity index (χ1n) is 7.51. The van der Waals surface area contributed by atoms with Gasteiger partial charge in [0.25, 0.3) is 0 Å². The van der Waals surface area contributed by atoms with Crippen LogP contribution >= 0.6 is 11.3 Å². The van der Waals surface area contributed by atoms with Crippen LogP contribution in [0.1, 0.15) is 29.1 Å². The van der Waals surface area contributed by atoms with Gasteiger partial charge in [0.2, 0.25) is 0 Å². The van der Waals surface area contributed by atoms with Crippen molar-refractivity contribution in [1.82, 2.24) is 14.9 Å². The average molecular weight is 297 g/mol. The summed E-state index contributed by atoms with van der Waals surface area (Å²) in [6.45, 7) is 3.89. The van der Waals surface area contributed by atoms with Gasteiger partial charge in [-0.25, -0.2) is 4.98 Å². The summed E-state index contributed by atoms with van der Waals surface area (Å²) in [5.74, 6) is 0. The van der Waals surface area contributed by atoms with E-state index in [1.807, 2.05) is 0 Å². The predicted molar refractivity (Wildman–Crippen MR) is 87.8 cm³/mol. The molecule has 1 aromatic carbocycles. The minimum Gasteiger partial charge on any atom is -0.340 e. The summed E-state index contributed by atoms with van der Waals surface area (Å²) in [6, 6.07) is 9.41. The Bertz CT molecular complexity index is 767. The lowest BCUT2D eigenvalue weighted by atomic mass is 10.2. The van der Waals surface area contributed by atoms with Gasteiger partial charge in [0, 0.05) is 40.8 Å². The summed E-state index contributed by atoms with van der Waals surface area (Å²) < 4.78 is 2.33. The van der Waals surface area contributed by atoms with Gasteiger partial charge in [-0.2, -0.15) is 0 Å². The van der Waals surface area contributed by atoms with Crippen LogP contribution in [-0.4, -0.2) is 15.6 Å². The molecule has 0 spiro atoms. The molecule has 0 atom stereocenters. The van der Waals surface area contributed by atoms with Crippen LogP contribution in [-0.2, 0) is 13.1 Å². The molecule has 3 aromatic rings. The minimum absolute atomic E-state index is 0.744. The Labute approximate surface area is 128 Å². The maximum Gasteiger partial charge on any atom is 0.113 e. The molecule has 21 heavy (non-hydrogen) atoms.